The summed E-state index contributed by atoms with van der Waals surface area (Å²) in [7, 11) is -1.86. The Balaban J connectivity index is 2.21. The first kappa shape index (κ1) is 11.9. The van der Waals surface area contributed by atoms with Gasteiger partial charge in [0.15, 0.2) is 0 Å². The van der Waals surface area contributed by atoms with E-state index in [1.54, 1.807) is 0 Å². The van der Waals surface area contributed by atoms with Crippen LogP contribution in [0.3, 0.4) is 0 Å². The van der Waals surface area contributed by atoms with Crippen LogP contribution in [0.5, 0.6) is 0 Å². The van der Waals surface area contributed by atoms with Gasteiger partial charge < -0.3 is 4.74 Å². The molecule has 1 fully saturated rings. The standard InChI is InChI=1S/C8H17NO4S/c1-12-6-7-14(10,11)9-13-8-4-2-3-5-8/h8-9H,2-7H2,1H3. The predicted molar refractivity (Wildman–Crippen MR) is 52.1 cm³/mol. The lowest BCUT2D eigenvalue weighted by Crippen LogP contribution is -2.31. The lowest BCUT2D eigenvalue weighted by atomic mass is 10.3. The Kier molecular flexibility index (Phi) is 4.80. The van der Waals surface area contributed by atoms with Crippen molar-refractivity contribution in [2.24, 2.45) is 0 Å². The number of methoxy groups -OCH3 is 1. The highest BCUT2D eigenvalue weighted by atomic mass is 32.2. The Morgan fingerprint density at radius 2 is 2.00 bits per heavy atom. The molecule has 0 unspecified atom stereocenters. The number of rotatable bonds is 6. The van der Waals surface area contributed by atoms with Crippen LogP contribution in [0.25, 0.3) is 0 Å². The predicted octanol–water partition coefficient (Wildman–Crippen LogP) is 0.426. The normalized spacial score (nSPS) is 18.9. The molecule has 0 heterocycles. The molecule has 1 aliphatic rings. The Labute approximate surface area is 84.8 Å². The van der Waals surface area contributed by atoms with E-state index >= 15 is 0 Å². The maximum atomic E-state index is 11.2. The summed E-state index contributed by atoms with van der Waals surface area (Å²) in [6.45, 7) is 0.184. The van der Waals surface area contributed by atoms with Crippen molar-refractivity contribution in [2.75, 3.05) is 19.5 Å². The molecule has 0 aromatic heterocycles. The zero-order valence-electron chi connectivity index (χ0n) is 8.36. The zero-order valence-corrected chi connectivity index (χ0v) is 9.18. The minimum atomic E-state index is -3.33. The summed E-state index contributed by atoms with van der Waals surface area (Å²) >= 11 is 0. The van der Waals surface area contributed by atoms with Gasteiger partial charge in [-0.3, -0.25) is 4.84 Å². The fourth-order valence-corrected chi connectivity index (χ4v) is 2.13. The fraction of sp³-hybridized carbons (Fsp3) is 1.00. The molecule has 0 bridgehead atoms. The Bertz CT molecular complexity index is 246. The Morgan fingerprint density at radius 3 is 2.57 bits per heavy atom. The third-order valence-corrected chi connectivity index (χ3v) is 3.25. The van der Waals surface area contributed by atoms with Crippen molar-refractivity contribution in [2.45, 2.75) is 31.8 Å². The van der Waals surface area contributed by atoms with Gasteiger partial charge in [0.1, 0.15) is 0 Å². The number of ether oxygens (including phenoxy) is 1. The van der Waals surface area contributed by atoms with Gasteiger partial charge in [0.25, 0.3) is 0 Å². The summed E-state index contributed by atoms with van der Waals surface area (Å²) in [6.07, 6.45) is 4.15. The average Bonchev–Trinajstić information content (AvgIpc) is 2.64. The number of hydrogen-bond acceptors (Lipinski definition) is 4. The summed E-state index contributed by atoms with van der Waals surface area (Å²) in [5.41, 5.74) is 0. The van der Waals surface area contributed by atoms with Crippen LogP contribution in [-0.4, -0.2) is 34.0 Å². The van der Waals surface area contributed by atoms with Crippen LogP contribution < -0.4 is 4.89 Å². The van der Waals surface area contributed by atoms with E-state index in [0.29, 0.717) is 0 Å². The van der Waals surface area contributed by atoms with Gasteiger partial charge in [0.05, 0.1) is 18.5 Å². The molecule has 6 heteroatoms. The monoisotopic (exact) mass is 223 g/mol. The largest absolute Gasteiger partial charge is 0.384 e. The molecule has 0 amide bonds. The molecule has 1 rings (SSSR count). The van der Waals surface area contributed by atoms with Gasteiger partial charge in [-0.2, -0.15) is 0 Å². The van der Waals surface area contributed by atoms with E-state index < -0.39 is 10.0 Å². The van der Waals surface area contributed by atoms with E-state index in [9.17, 15) is 8.42 Å². The first-order valence-corrected chi connectivity index (χ1v) is 6.43. The van der Waals surface area contributed by atoms with Crippen molar-refractivity contribution in [1.82, 2.24) is 4.89 Å². The van der Waals surface area contributed by atoms with Gasteiger partial charge in [0.2, 0.25) is 10.0 Å². The minimum Gasteiger partial charge on any atom is -0.384 e. The molecule has 14 heavy (non-hydrogen) atoms. The molecular weight excluding hydrogens is 206 g/mol. The summed E-state index contributed by atoms with van der Waals surface area (Å²) < 4.78 is 27.1. The molecule has 84 valence electrons. The third kappa shape index (κ3) is 4.36. The summed E-state index contributed by atoms with van der Waals surface area (Å²) in [6, 6.07) is 0. The molecule has 0 spiro atoms. The molecule has 0 saturated heterocycles. The SMILES string of the molecule is COCCS(=O)(=O)NOC1CCCC1. The Hall–Kier alpha value is -0.170. The molecule has 0 aromatic rings. The van der Waals surface area contributed by atoms with E-state index in [1.165, 1.54) is 7.11 Å². The van der Waals surface area contributed by atoms with Gasteiger partial charge in [-0.25, -0.2) is 8.42 Å². The maximum absolute atomic E-state index is 11.2. The quantitative estimate of drug-likeness (QED) is 0.663. The van der Waals surface area contributed by atoms with Gasteiger partial charge in [-0.05, 0) is 12.8 Å². The van der Waals surface area contributed by atoms with Crippen LogP contribution in [-0.2, 0) is 19.6 Å². The molecular formula is C8H17NO4S. The molecule has 0 aromatic carbocycles. The van der Waals surface area contributed by atoms with Crippen molar-refractivity contribution < 1.29 is 18.0 Å². The number of nitrogens with one attached hydrogen (secondary N) is 1. The van der Waals surface area contributed by atoms with Gasteiger partial charge in [-0.15, -0.1) is 0 Å². The highest BCUT2D eigenvalue weighted by Crippen LogP contribution is 2.19. The number of sulfonamides is 1. The van der Waals surface area contributed by atoms with E-state index in [-0.39, 0.29) is 18.5 Å². The van der Waals surface area contributed by atoms with Gasteiger partial charge in [0, 0.05) is 7.11 Å². The van der Waals surface area contributed by atoms with Gasteiger partial charge >= 0.3 is 0 Å². The second kappa shape index (κ2) is 5.65. The Morgan fingerprint density at radius 1 is 1.36 bits per heavy atom. The summed E-state index contributed by atoms with van der Waals surface area (Å²) in [5, 5.41) is 0. The maximum Gasteiger partial charge on any atom is 0.235 e. The van der Waals surface area contributed by atoms with Crippen LogP contribution >= 0.6 is 0 Å². The van der Waals surface area contributed by atoms with Crippen LogP contribution in [0.1, 0.15) is 25.7 Å². The first-order valence-electron chi connectivity index (χ1n) is 4.78. The molecule has 0 radical (unpaired) electrons. The van der Waals surface area contributed by atoms with Crippen molar-refractivity contribution in [3.05, 3.63) is 0 Å². The van der Waals surface area contributed by atoms with Crippen LogP contribution in [0.4, 0.5) is 0 Å². The second-order valence-corrected chi connectivity index (χ2v) is 5.22. The zero-order chi connectivity index (χ0) is 10.4. The lowest BCUT2D eigenvalue weighted by molar-refractivity contribution is 0.0220. The smallest absolute Gasteiger partial charge is 0.235 e. The molecule has 1 saturated carbocycles. The molecule has 0 atom stereocenters. The first-order chi connectivity index (χ1) is 6.64. The summed E-state index contributed by atoms with van der Waals surface area (Å²) in [4.78, 5) is 7.20. The minimum absolute atomic E-state index is 0.0484. The molecule has 0 aliphatic heterocycles. The van der Waals surface area contributed by atoms with Crippen molar-refractivity contribution in [3.8, 4) is 0 Å². The van der Waals surface area contributed by atoms with Crippen molar-refractivity contribution in [1.29, 1.82) is 0 Å². The van der Waals surface area contributed by atoms with Crippen LogP contribution in [0.15, 0.2) is 0 Å². The molecule has 1 N–H and O–H groups in total. The topological polar surface area (TPSA) is 64.6 Å². The van der Waals surface area contributed by atoms with E-state index in [1.807, 2.05) is 0 Å². The molecule has 5 nitrogen and oxygen atoms in total. The summed E-state index contributed by atoms with van der Waals surface area (Å²) in [5.74, 6) is -0.0593. The van der Waals surface area contributed by atoms with E-state index in [0.717, 1.165) is 25.7 Å². The molecule has 1 aliphatic carbocycles. The van der Waals surface area contributed by atoms with E-state index in [4.69, 9.17) is 4.84 Å². The van der Waals surface area contributed by atoms with Gasteiger partial charge in [-0.1, -0.05) is 17.7 Å². The lowest BCUT2D eigenvalue weighted by Gasteiger charge is -2.11. The third-order valence-electron chi connectivity index (χ3n) is 2.20. The van der Waals surface area contributed by atoms with Crippen molar-refractivity contribution >= 4 is 10.0 Å². The van der Waals surface area contributed by atoms with E-state index in [2.05, 4.69) is 9.62 Å². The second-order valence-electron chi connectivity index (χ2n) is 3.42. The van der Waals surface area contributed by atoms with Crippen LogP contribution in [0, 0.1) is 0 Å². The van der Waals surface area contributed by atoms with Crippen LogP contribution in [0.2, 0.25) is 0 Å². The van der Waals surface area contributed by atoms with Crippen molar-refractivity contribution in [3.63, 3.8) is 0 Å². The highest BCUT2D eigenvalue weighted by molar-refractivity contribution is 7.89. The number of hydrogen-bond donors (Lipinski definition) is 1. The highest BCUT2D eigenvalue weighted by Gasteiger charge is 2.18. The fourth-order valence-electron chi connectivity index (χ4n) is 1.38. The average molecular weight is 223 g/mol.